The molecule has 0 heterocycles. The van der Waals surface area contributed by atoms with Gasteiger partial charge < -0.3 is 9.47 Å². The Kier molecular flexibility index (Phi) is 5.97. The van der Waals surface area contributed by atoms with Crippen LogP contribution in [-0.4, -0.2) is 14.2 Å². The Morgan fingerprint density at radius 1 is 1.10 bits per heavy atom. The maximum atomic E-state index is 6.22. The maximum absolute atomic E-state index is 6.22. The number of halogens is 3. The lowest BCUT2D eigenvalue weighted by molar-refractivity contribution is 0.354. The quantitative estimate of drug-likeness (QED) is 0.554. The van der Waals surface area contributed by atoms with Crippen LogP contribution in [0.2, 0.25) is 5.02 Å². The molecule has 0 aliphatic rings. The molecule has 2 nitrogen and oxygen atoms in total. The zero-order chi connectivity index (χ0) is 15.4. The summed E-state index contributed by atoms with van der Waals surface area (Å²) in [7, 11) is 3.26. The molecule has 112 valence electrons. The summed E-state index contributed by atoms with van der Waals surface area (Å²) in [5, 5.41) is 0.776. The number of alkyl halides is 1. The third-order valence-corrected chi connectivity index (χ3v) is 5.07. The van der Waals surface area contributed by atoms with Crippen LogP contribution in [0, 0.1) is 0 Å². The molecule has 0 fully saturated rings. The van der Waals surface area contributed by atoms with Gasteiger partial charge in [0, 0.05) is 14.3 Å². The Hall–Kier alpha value is -0.710. The molecule has 21 heavy (non-hydrogen) atoms. The normalized spacial score (nSPS) is 12.0. The van der Waals surface area contributed by atoms with Crippen LogP contribution in [0.5, 0.6) is 11.5 Å². The van der Waals surface area contributed by atoms with E-state index in [0.717, 1.165) is 27.0 Å². The summed E-state index contributed by atoms with van der Waals surface area (Å²) in [6.45, 7) is 0. The van der Waals surface area contributed by atoms with Crippen LogP contribution in [0.4, 0.5) is 0 Å². The van der Waals surface area contributed by atoms with E-state index >= 15 is 0 Å². The summed E-state index contributed by atoms with van der Waals surface area (Å²) in [5.74, 6) is 1.41. The zero-order valence-electron chi connectivity index (χ0n) is 11.7. The van der Waals surface area contributed by atoms with Gasteiger partial charge in [0.05, 0.1) is 14.2 Å². The summed E-state index contributed by atoms with van der Waals surface area (Å²) in [5.41, 5.74) is 2.19. The minimum Gasteiger partial charge on any atom is -0.493 e. The van der Waals surface area contributed by atoms with E-state index in [1.54, 1.807) is 14.2 Å². The monoisotopic (exact) mass is 432 g/mol. The Bertz CT molecular complexity index is 632. The molecular formula is C16H15Br2ClO2. The molecule has 0 aromatic heterocycles. The average molecular weight is 435 g/mol. The fourth-order valence-electron chi connectivity index (χ4n) is 2.08. The first-order valence-corrected chi connectivity index (χ1v) is 8.44. The highest BCUT2D eigenvalue weighted by molar-refractivity contribution is 9.11. The molecule has 0 spiro atoms. The third-order valence-electron chi connectivity index (χ3n) is 3.20. The van der Waals surface area contributed by atoms with Crippen molar-refractivity contribution in [2.45, 2.75) is 11.2 Å². The van der Waals surface area contributed by atoms with Gasteiger partial charge in [0.15, 0.2) is 11.5 Å². The van der Waals surface area contributed by atoms with Gasteiger partial charge in [-0.3, -0.25) is 0 Å². The van der Waals surface area contributed by atoms with Gasteiger partial charge in [-0.1, -0.05) is 61.7 Å². The van der Waals surface area contributed by atoms with E-state index in [4.69, 9.17) is 21.1 Å². The fraction of sp³-hybridized carbons (Fsp3) is 0.250. The largest absolute Gasteiger partial charge is 0.493 e. The van der Waals surface area contributed by atoms with Gasteiger partial charge in [-0.15, -0.1) is 0 Å². The summed E-state index contributed by atoms with van der Waals surface area (Å²) < 4.78 is 11.6. The second-order valence-corrected chi connectivity index (χ2v) is 6.86. The average Bonchev–Trinajstić information content (AvgIpc) is 2.49. The molecule has 0 saturated carbocycles. The molecule has 0 saturated heterocycles. The first-order valence-electron chi connectivity index (χ1n) is 6.35. The van der Waals surface area contributed by atoms with Crippen molar-refractivity contribution in [2.75, 3.05) is 14.2 Å². The molecule has 2 rings (SSSR count). The molecule has 2 aromatic carbocycles. The first kappa shape index (κ1) is 16.7. The number of rotatable bonds is 5. The maximum Gasteiger partial charge on any atom is 0.161 e. The van der Waals surface area contributed by atoms with Gasteiger partial charge in [0.1, 0.15) is 0 Å². The zero-order valence-corrected chi connectivity index (χ0v) is 15.6. The van der Waals surface area contributed by atoms with E-state index in [1.165, 1.54) is 0 Å². The molecule has 0 aliphatic heterocycles. The Balaban J connectivity index is 2.31. The highest BCUT2D eigenvalue weighted by Gasteiger charge is 2.17. The topological polar surface area (TPSA) is 18.5 Å². The molecule has 0 bridgehead atoms. The van der Waals surface area contributed by atoms with Crippen molar-refractivity contribution < 1.29 is 9.47 Å². The van der Waals surface area contributed by atoms with E-state index in [0.29, 0.717) is 11.5 Å². The van der Waals surface area contributed by atoms with E-state index in [-0.39, 0.29) is 4.83 Å². The van der Waals surface area contributed by atoms with Crippen molar-refractivity contribution in [1.82, 2.24) is 0 Å². The minimum atomic E-state index is 0.117. The first-order chi connectivity index (χ1) is 10.1. The summed E-state index contributed by atoms with van der Waals surface area (Å²) in [6.07, 6.45) is 0.785. The van der Waals surface area contributed by atoms with Crippen LogP contribution < -0.4 is 9.47 Å². The van der Waals surface area contributed by atoms with Gasteiger partial charge in [-0.05, 0) is 35.7 Å². The summed E-state index contributed by atoms with van der Waals surface area (Å²) in [4.78, 5) is 0.117. The van der Waals surface area contributed by atoms with Gasteiger partial charge in [0.2, 0.25) is 0 Å². The lowest BCUT2D eigenvalue weighted by Crippen LogP contribution is -2.00. The van der Waals surface area contributed by atoms with Crippen LogP contribution in [-0.2, 0) is 6.42 Å². The molecule has 1 atom stereocenters. The summed E-state index contributed by atoms with van der Waals surface area (Å²) >= 11 is 13.5. The van der Waals surface area contributed by atoms with E-state index in [9.17, 15) is 0 Å². The third kappa shape index (κ3) is 3.93. The van der Waals surface area contributed by atoms with Crippen molar-refractivity contribution in [3.05, 3.63) is 57.0 Å². The van der Waals surface area contributed by atoms with Gasteiger partial charge in [0.25, 0.3) is 0 Å². The van der Waals surface area contributed by atoms with Crippen LogP contribution in [0.1, 0.15) is 16.0 Å². The molecular weight excluding hydrogens is 419 g/mol. The lowest BCUT2D eigenvalue weighted by Gasteiger charge is -2.16. The molecule has 2 aromatic rings. The van der Waals surface area contributed by atoms with Crippen LogP contribution in [0.15, 0.2) is 40.9 Å². The summed E-state index contributed by atoms with van der Waals surface area (Å²) in [6, 6.07) is 11.7. The van der Waals surface area contributed by atoms with Crippen molar-refractivity contribution in [3.8, 4) is 11.5 Å². The highest BCUT2D eigenvalue weighted by atomic mass is 79.9. The number of hydrogen-bond donors (Lipinski definition) is 0. The predicted octanol–water partition coefficient (Wildman–Crippen LogP) is 5.80. The van der Waals surface area contributed by atoms with Crippen molar-refractivity contribution in [2.24, 2.45) is 0 Å². The Morgan fingerprint density at radius 2 is 1.71 bits per heavy atom. The second kappa shape index (κ2) is 7.52. The van der Waals surface area contributed by atoms with Crippen molar-refractivity contribution >= 4 is 43.5 Å². The number of ether oxygens (including phenoxy) is 2. The van der Waals surface area contributed by atoms with Crippen molar-refractivity contribution in [3.63, 3.8) is 0 Å². The van der Waals surface area contributed by atoms with Gasteiger partial charge >= 0.3 is 0 Å². The van der Waals surface area contributed by atoms with Gasteiger partial charge in [-0.25, -0.2) is 0 Å². The van der Waals surface area contributed by atoms with E-state index < -0.39 is 0 Å². The smallest absolute Gasteiger partial charge is 0.161 e. The molecule has 0 amide bonds. The minimum absolute atomic E-state index is 0.117. The number of methoxy groups -OCH3 is 2. The fourth-order valence-corrected chi connectivity index (χ4v) is 3.92. The lowest BCUT2D eigenvalue weighted by atomic mass is 10.0. The second-order valence-electron chi connectivity index (χ2n) is 4.49. The van der Waals surface area contributed by atoms with Gasteiger partial charge in [-0.2, -0.15) is 0 Å². The predicted molar refractivity (Wildman–Crippen MR) is 94.1 cm³/mol. The SMILES string of the molecule is COc1cc(Br)c(C(Br)Cc2ccccc2Cl)cc1OC. The molecule has 0 N–H and O–H groups in total. The van der Waals surface area contributed by atoms with E-state index in [2.05, 4.69) is 31.9 Å². The van der Waals surface area contributed by atoms with Crippen molar-refractivity contribution in [1.29, 1.82) is 0 Å². The van der Waals surface area contributed by atoms with E-state index in [1.807, 2.05) is 36.4 Å². The molecule has 5 heteroatoms. The Morgan fingerprint density at radius 3 is 2.33 bits per heavy atom. The number of benzene rings is 2. The number of hydrogen-bond acceptors (Lipinski definition) is 2. The van der Waals surface area contributed by atoms with Crippen LogP contribution in [0.25, 0.3) is 0 Å². The van der Waals surface area contributed by atoms with Crippen LogP contribution >= 0.6 is 43.5 Å². The standard InChI is InChI=1S/C16H15Br2ClO2/c1-20-15-8-11(13(18)9-16(15)21-2)12(17)7-10-5-3-4-6-14(10)19/h3-6,8-9,12H,7H2,1-2H3. The molecule has 0 radical (unpaired) electrons. The molecule has 1 unspecified atom stereocenters. The highest BCUT2D eigenvalue weighted by Crippen LogP contribution is 2.40. The van der Waals surface area contributed by atoms with Crippen LogP contribution in [0.3, 0.4) is 0 Å². The molecule has 0 aliphatic carbocycles. The Labute approximate surface area is 146 Å².